The summed E-state index contributed by atoms with van der Waals surface area (Å²) in [4.78, 5) is 0. The Balaban J connectivity index is 2.76. The number of hydrogen-bond acceptors (Lipinski definition) is 2. The Morgan fingerprint density at radius 3 is 2.86 bits per heavy atom. The lowest BCUT2D eigenvalue weighted by molar-refractivity contribution is 0.283. The summed E-state index contributed by atoms with van der Waals surface area (Å²) < 4.78 is 1.09. The molecule has 0 aliphatic carbocycles. The van der Waals surface area contributed by atoms with Crippen molar-refractivity contribution in [3.8, 4) is 0 Å². The highest BCUT2D eigenvalue weighted by molar-refractivity contribution is 9.08. The molecule has 0 aliphatic heterocycles. The molecule has 14 heavy (non-hydrogen) atoms. The third kappa shape index (κ3) is 1.70. The lowest BCUT2D eigenvalue weighted by Gasteiger charge is -2.02. The van der Waals surface area contributed by atoms with E-state index < -0.39 is 0 Å². The highest BCUT2D eigenvalue weighted by Gasteiger charge is 2.07. The summed E-state index contributed by atoms with van der Waals surface area (Å²) >= 11 is 11.0. The molecular formula is C10H8BrClOS. The molecule has 2 rings (SSSR count). The van der Waals surface area contributed by atoms with Crippen LogP contribution in [0.15, 0.2) is 17.5 Å². The minimum Gasteiger partial charge on any atom is -0.392 e. The number of halogens is 2. The van der Waals surface area contributed by atoms with Crippen LogP contribution in [0.2, 0.25) is 5.02 Å². The molecule has 1 aromatic heterocycles. The second-order valence-electron chi connectivity index (χ2n) is 3.01. The molecule has 0 aliphatic rings. The second-order valence-corrected chi connectivity index (χ2v) is 4.85. The zero-order chi connectivity index (χ0) is 10.1. The highest BCUT2D eigenvalue weighted by atomic mass is 79.9. The molecule has 0 unspecified atom stereocenters. The smallest absolute Gasteiger partial charge is 0.0695 e. The number of aliphatic hydroxyl groups excluding tert-OH is 1. The summed E-state index contributed by atoms with van der Waals surface area (Å²) in [6, 6.07) is 4.06. The fourth-order valence-electron chi connectivity index (χ4n) is 1.44. The number of alkyl halides is 1. The lowest BCUT2D eigenvalue weighted by Crippen LogP contribution is -1.86. The number of fused-ring (bicyclic) bond motifs is 1. The molecule has 0 amide bonds. The van der Waals surface area contributed by atoms with Gasteiger partial charge in [0, 0.05) is 20.8 Å². The molecular weight excluding hydrogens is 284 g/mol. The van der Waals surface area contributed by atoms with E-state index in [2.05, 4.69) is 22.0 Å². The predicted octanol–water partition coefficient (Wildman–Crippen LogP) is 3.94. The van der Waals surface area contributed by atoms with Crippen LogP contribution in [0.5, 0.6) is 0 Å². The average molecular weight is 292 g/mol. The van der Waals surface area contributed by atoms with Gasteiger partial charge in [-0.2, -0.15) is 0 Å². The molecule has 1 aromatic carbocycles. The molecule has 0 atom stereocenters. The minimum absolute atomic E-state index is 0.0637. The highest BCUT2D eigenvalue weighted by Crippen LogP contribution is 2.34. The maximum Gasteiger partial charge on any atom is 0.0695 e. The molecule has 4 heteroatoms. The fraction of sp³-hybridized carbons (Fsp3) is 0.200. The quantitative estimate of drug-likeness (QED) is 0.831. The first-order chi connectivity index (χ1) is 6.76. The molecule has 1 nitrogen and oxygen atoms in total. The van der Waals surface area contributed by atoms with Crippen LogP contribution in [0.1, 0.15) is 11.1 Å². The van der Waals surface area contributed by atoms with Crippen molar-refractivity contribution in [3.05, 3.63) is 33.7 Å². The number of aliphatic hydroxyl groups is 1. The summed E-state index contributed by atoms with van der Waals surface area (Å²) in [5.41, 5.74) is 2.09. The first kappa shape index (κ1) is 10.4. The molecule has 0 spiro atoms. The summed E-state index contributed by atoms with van der Waals surface area (Å²) in [6.07, 6.45) is 0. The van der Waals surface area contributed by atoms with E-state index in [-0.39, 0.29) is 6.61 Å². The Morgan fingerprint density at radius 2 is 2.21 bits per heavy atom. The van der Waals surface area contributed by atoms with Gasteiger partial charge in [0.2, 0.25) is 0 Å². The third-order valence-corrected chi connectivity index (χ3v) is 4.25. The Kier molecular flexibility index (Phi) is 3.12. The molecule has 0 bridgehead atoms. The van der Waals surface area contributed by atoms with Crippen LogP contribution >= 0.6 is 38.9 Å². The van der Waals surface area contributed by atoms with Crippen molar-refractivity contribution in [1.29, 1.82) is 0 Å². The van der Waals surface area contributed by atoms with Gasteiger partial charge in [0.25, 0.3) is 0 Å². The Bertz CT molecular complexity index is 466. The third-order valence-electron chi connectivity index (χ3n) is 2.09. The van der Waals surface area contributed by atoms with Gasteiger partial charge in [-0.15, -0.1) is 11.3 Å². The van der Waals surface area contributed by atoms with Gasteiger partial charge in [0.15, 0.2) is 0 Å². The van der Waals surface area contributed by atoms with Gasteiger partial charge in [-0.1, -0.05) is 33.6 Å². The zero-order valence-corrected chi connectivity index (χ0v) is 10.4. The number of rotatable bonds is 2. The van der Waals surface area contributed by atoms with Crippen molar-refractivity contribution in [2.75, 3.05) is 0 Å². The van der Waals surface area contributed by atoms with Crippen LogP contribution in [0.3, 0.4) is 0 Å². The fourth-order valence-corrected chi connectivity index (χ4v) is 3.02. The summed E-state index contributed by atoms with van der Waals surface area (Å²) in [5.74, 6) is 0. The minimum atomic E-state index is 0.0637. The number of thiophene rings is 1. The van der Waals surface area contributed by atoms with Crippen molar-refractivity contribution in [2.24, 2.45) is 0 Å². The normalized spacial score (nSPS) is 11.1. The predicted molar refractivity (Wildman–Crippen MR) is 65.4 cm³/mol. The van der Waals surface area contributed by atoms with Gasteiger partial charge in [-0.05, 0) is 17.2 Å². The van der Waals surface area contributed by atoms with Gasteiger partial charge in [-0.3, -0.25) is 0 Å². The van der Waals surface area contributed by atoms with E-state index >= 15 is 0 Å². The van der Waals surface area contributed by atoms with Crippen molar-refractivity contribution in [2.45, 2.75) is 11.9 Å². The summed E-state index contributed by atoms with van der Waals surface area (Å²) in [6.45, 7) is 0.0637. The largest absolute Gasteiger partial charge is 0.392 e. The molecule has 1 heterocycles. The van der Waals surface area contributed by atoms with Crippen LogP contribution in [-0.4, -0.2) is 5.11 Å². The van der Waals surface area contributed by atoms with Crippen LogP contribution in [0.25, 0.3) is 10.1 Å². The van der Waals surface area contributed by atoms with E-state index in [1.54, 1.807) is 11.3 Å². The summed E-state index contributed by atoms with van der Waals surface area (Å²) in [5, 5.41) is 13.7. The maximum atomic E-state index is 9.21. The van der Waals surface area contributed by atoms with E-state index in [0.29, 0.717) is 0 Å². The molecule has 2 aromatic rings. The molecule has 0 fully saturated rings. The zero-order valence-electron chi connectivity index (χ0n) is 7.26. The maximum absolute atomic E-state index is 9.21. The van der Waals surface area contributed by atoms with Gasteiger partial charge in [0.1, 0.15) is 0 Å². The van der Waals surface area contributed by atoms with Crippen LogP contribution < -0.4 is 0 Å². The topological polar surface area (TPSA) is 20.2 Å². The Hall–Kier alpha value is -0.0900. The van der Waals surface area contributed by atoms with Crippen LogP contribution in [0.4, 0.5) is 0 Å². The van der Waals surface area contributed by atoms with Crippen molar-refractivity contribution < 1.29 is 5.11 Å². The van der Waals surface area contributed by atoms with E-state index in [4.69, 9.17) is 11.6 Å². The Morgan fingerprint density at radius 1 is 1.43 bits per heavy atom. The van der Waals surface area contributed by atoms with Gasteiger partial charge >= 0.3 is 0 Å². The molecule has 0 radical (unpaired) electrons. The molecule has 0 saturated carbocycles. The molecule has 74 valence electrons. The molecule has 1 N–H and O–H groups in total. The first-order valence-corrected chi connectivity index (χ1v) is 6.49. The number of benzene rings is 1. The van der Waals surface area contributed by atoms with E-state index in [1.807, 2.05) is 11.4 Å². The van der Waals surface area contributed by atoms with Crippen molar-refractivity contribution in [3.63, 3.8) is 0 Å². The van der Waals surface area contributed by atoms with E-state index in [0.717, 1.165) is 31.6 Å². The molecule has 0 saturated heterocycles. The van der Waals surface area contributed by atoms with Gasteiger partial charge in [-0.25, -0.2) is 0 Å². The number of hydrogen-bond donors (Lipinski definition) is 1. The lowest BCUT2D eigenvalue weighted by atomic mass is 10.1. The van der Waals surface area contributed by atoms with Gasteiger partial charge in [0.05, 0.1) is 11.6 Å². The standard InChI is InChI=1S/C10H8BrClOS/c11-3-6-1-7(4-13)10-8(2-6)9(12)5-14-10/h1-2,5,13H,3-4H2. The van der Waals surface area contributed by atoms with Crippen LogP contribution in [-0.2, 0) is 11.9 Å². The summed E-state index contributed by atoms with van der Waals surface area (Å²) in [7, 11) is 0. The van der Waals surface area contributed by atoms with E-state index in [1.165, 1.54) is 0 Å². The monoisotopic (exact) mass is 290 g/mol. The van der Waals surface area contributed by atoms with Gasteiger partial charge < -0.3 is 5.11 Å². The van der Waals surface area contributed by atoms with Crippen LogP contribution in [0, 0.1) is 0 Å². The van der Waals surface area contributed by atoms with Crippen molar-refractivity contribution in [1.82, 2.24) is 0 Å². The van der Waals surface area contributed by atoms with E-state index in [9.17, 15) is 5.11 Å². The average Bonchev–Trinajstić information content (AvgIpc) is 2.59. The first-order valence-electron chi connectivity index (χ1n) is 4.11. The SMILES string of the molecule is OCc1cc(CBr)cc2c(Cl)csc12. The Labute approximate surface area is 99.4 Å². The second kappa shape index (κ2) is 4.19. The van der Waals surface area contributed by atoms with Crippen molar-refractivity contribution >= 4 is 49.0 Å².